The predicted octanol–water partition coefficient (Wildman–Crippen LogP) is 1.21. The van der Waals surface area contributed by atoms with E-state index < -0.39 is 0 Å². The van der Waals surface area contributed by atoms with Crippen molar-refractivity contribution in [2.75, 3.05) is 24.6 Å². The van der Waals surface area contributed by atoms with Crippen molar-refractivity contribution in [3.05, 3.63) is 22.9 Å². The monoisotopic (exact) mass is 248 g/mol. The van der Waals surface area contributed by atoms with Crippen LogP contribution in [0.3, 0.4) is 0 Å². The molecule has 0 aromatic carbocycles. The Labute approximate surface area is 107 Å². The van der Waals surface area contributed by atoms with Gasteiger partial charge in [-0.05, 0) is 32.4 Å². The maximum atomic E-state index is 7.74. The quantitative estimate of drug-likeness (QED) is 0.609. The second kappa shape index (κ2) is 4.94. The van der Waals surface area contributed by atoms with Gasteiger partial charge in [-0.15, -0.1) is 0 Å². The molecule has 98 valence electrons. The second-order valence-corrected chi connectivity index (χ2v) is 4.82. The van der Waals surface area contributed by atoms with E-state index in [0.717, 1.165) is 35.7 Å². The van der Waals surface area contributed by atoms with Gasteiger partial charge in [-0.3, -0.25) is 5.41 Å². The summed E-state index contributed by atoms with van der Waals surface area (Å²) in [7, 11) is 0. The molecule has 0 amide bonds. The third kappa shape index (κ3) is 2.46. The van der Waals surface area contributed by atoms with E-state index in [4.69, 9.17) is 15.9 Å². The molecule has 0 spiro atoms. The Morgan fingerprint density at radius 2 is 2.28 bits per heavy atom. The van der Waals surface area contributed by atoms with Crippen molar-refractivity contribution in [2.24, 2.45) is 5.73 Å². The molecule has 1 aliphatic heterocycles. The summed E-state index contributed by atoms with van der Waals surface area (Å²) in [4.78, 5) is 6.72. The standard InChI is InChI=1S/C13H20N4O/c1-8-6-9(2)16-13(11(8)12(14)15)17-4-5-18-10(3)7-17/h6,10H,4-5,7H2,1-3H3,(H3,14,15). The summed E-state index contributed by atoms with van der Waals surface area (Å²) in [5.74, 6) is 0.893. The first-order valence-electron chi connectivity index (χ1n) is 6.18. The number of aryl methyl sites for hydroxylation is 2. The molecule has 3 N–H and O–H groups in total. The highest BCUT2D eigenvalue weighted by Gasteiger charge is 2.22. The first-order valence-corrected chi connectivity index (χ1v) is 6.18. The van der Waals surface area contributed by atoms with E-state index >= 15 is 0 Å². The third-order valence-corrected chi connectivity index (χ3v) is 3.14. The Balaban J connectivity index is 2.44. The molecule has 1 fully saturated rings. The number of nitrogens with zero attached hydrogens (tertiary/aromatic N) is 2. The van der Waals surface area contributed by atoms with Gasteiger partial charge in [0.1, 0.15) is 11.7 Å². The average Bonchev–Trinajstić information content (AvgIpc) is 2.27. The van der Waals surface area contributed by atoms with Crippen molar-refractivity contribution in [1.29, 1.82) is 5.41 Å². The van der Waals surface area contributed by atoms with Gasteiger partial charge in [0, 0.05) is 18.8 Å². The zero-order chi connectivity index (χ0) is 13.3. The van der Waals surface area contributed by atoms with Gasteiger partial charge in [-0.25, -0.2) is 4.98 Å². The number of hydrogen-bond acceptors (Lipinski definition) is 4. The van der Waals surface area contributed by atoms with E-state index in [1.54, 1.807) is 0 Å². The number of hydrogen-bond donors (Lipinski definition) is 2. The van der Waals surface area contributed by atoms with Crippen molar-refractivity contribution >= 4 is 11.7 Å². The van der Waals surface area contributed by atoms with Crippen molar-refractivity contribution in [3.8, 4) is 0 Å². The Bertz CT molecular complexity index is 472. The lowest BCUT2D eigenvalue weighted by atomic mass is 10.1. The van der Waals surface area contributed by atoms with Crippen molar-refractivity contribution < 1.29 is 4.74 Å². The molecule has 5 nitrogen and oxygen atoms in total. The minimum Gasteiger partial charge on any atom is -0.384 e. The molecule has 1 aromatic rings. The Morgan fingerprint density at radius 1 is 1.56 bits per heavy atom. The van der Waals surface area contributed by atoms with E-state index in [-0.39, 0.29) is 11.9 Å². The molecule has 2 heterocycles. The van der Waals surface area contributed by atoms with Gasteiger partial charge >= 0.3 is 0 Å². The summed E-state index contributed by atoms with van der Waals surface area (Å²) in [6.07, 6.45) is 0.182. The minimum absolute atomic E-state index is 0.0779. The van der Waals surface area contributed by atoms with Gasteiger partial charge < -0.3 is 15.4 Å². The topological polar surface area (TPSA) is 75.2 Å². The fourth-order valence-electron chi connectivity index (χ4n) is 2.39. The van der Waals surface area contributed by atoms with E-state index in [9.17, 15) is 0 Å². The van der Waals surface area contributed by atoms with Crippen molar-refractivity contribution in [1.82, 2.24) is 4.98 Å². The Hall–Kier alpha value is -1.62. The van der Waals surface area contributed by atoms with Gasteiger partial charge in [0.15, 0.2) is 0 Å². The van der Waals surface area contributed by atoms with Gasteiger partial charge in [-0.2, -0.15) is 0 Å². The number of ether oxygens (including phenoxy) is 1. The van der Waals surface area contributed by atoms with Crippen LogP contribution in [0.2, 0.25) is 0 Å². The number of rotatable bonds is 2. The van der Waals surface area contributed by atoms with E-state index in [0.29, 0.717) is 6.61 Å². The molecule has 2 rings (SSSR count). The summed E-state index contributed by atoms with van der Waals surface area (Å²) in [6.45, 7) is 8.25. The highest BCUT2D eigenvalue weighted by Crippen LogP contribution is 2.24. The lowest BCUT2D eigenvalue weighted by molar-refractivity contribution is 0.0529. The number of nitrogens with one attached hydrogen (secondary N) is 1. The summed E-state index contributed by atoms with van der Waals surface area (Å²) in [5.41, 5.74) is 8.39. The molecule has 1 atom stereocenters. The van der Waals surface area contributed by atoms with Gasteiger partial charge in [-0.1, -0.05) is 0 Å². The lowest BCUT2D eigenvalue weighted by Crippen LogP contribution is -2.42. The largest absolute Gasteiger partial charge is 0.384 e. The molecule has 18 heavy (non-hydrogen) atoms. The Morgan fingerprint density at radius 3 is 2.89 bits per heavy atom. The number of pyridine rings is 1. The third-order valence-electron chi connectivity index (χ3n) is 3.14. The van der Waals surface area contributed by atoms with E-state index in [1.807, 2.05) is 26.8 Å². The predicted molar refractivity (Wildman–Crippen MR) is 72.4 cm³/mol. The highest BCUT2D eigenvalue weighted by atomic mass is 16.5. The number of morpholine rings is 1. The maximum absolute atomic E-state index is 7.74. The summed E-state index contributed by atoms with van der Waals surface area (Å²) < 4.78 is 5.54. The number of anilines is 1. The van der Waals surface area contributed by atoms with E-state index in [2.05, 4.69) is 9.88 Å². The zero-order valence-electron chi connectivity index (χ0n) is 11.2. The molecule has 1 aromatic heterocycles. The maximum Gasteiger partial charge on any atom is 0.140 e. The Kier molecular flexibility index (Phi) is 3.52. The first kappa shape index (κ1) is 12.8. The van der Waals surface area contributed by atoms with Crippen LogP contribution in [0.4, 0.5) is 5.82 Å². The molecule has 0 radical (unpaired) electrons. The molecule has 1 unspecified atom stereocenters. The molecular weight excluding hydrogens is 228 g/mol. The summed E-state index contributed by atoms with van der Waals surface area (Å²) in [5, 5.41) is 7.74. The smallest absolute Gasteiger partial charge is 0.140 e. The van der Waals surface area contributed by atoms with Crippen LogP contribution in [0.25, 0.3) is 0 Å². The molecule has 5 heteroatoms. The van der Waals surface area contributed by atoms with Crippen LogP contribution >= 0.6 is 0 Å². The zero-order valence-corrected chi connectivity index (χ0v) is 11.2. The van der Waals surface area contributed by atoms with Crippen LogP contribution in [0.15, 0.2) is 6.07 Å². The summed E-state index contributed by atoms with van der Waals surface area (Å²) in [6, 6.07) is 1.96. The van der Waals surface area contributed by atoms with Crippen LogP contribution in [-0.2, 0) is 4.74 Å². The van der Waals surface area contributed by atoms with Gasteiger partial charge in [0.05, 0.1) is 18.3 Å². The van der Waals surface area contributed by atoms with Crippen molar-refractivity contribution in [3.63, 3.8) is 0 Å². The van der Waals surface area contributed by atoms with Gasteiger partial charge in [0.25, 0.3) is 0 Å². The van der Waals surface area contributed by atoms with Crippen LogP contribution in [0, 0.1) is 19.3 Å². The average molecular weight is 248 g/mol. The van der Waals surface area contributed by atoms with E-state index in [1.165, 1.54) is 0 Å². The molecular formula is C13H20N4O. The van der Waals surface area contributed by atoms with Crippen LogP contribution < -0.4 is 10.6 Å². The number of aromatic nitrogens is 1. The molecule has 0 bridgehead atoms. The fraction of sp³-hybridized carbons (Fsp3) is 0.538. The lowest BCUT2D eigenvalue weighted by Gasteiger charge is -2.33. The van der Waals surface area contributed by atoms with Crippen LogP contribution in [0.5, 0.6) is 0 Å². The fourth-order valence-corrected chi connectivity index (χ4v) is 2.39. The second-order valence-electron chi connectivity index (χ2n) is 4.82. The minimum atomic E-state index is 0.0779. The molecule has 0 saturated carbocycles. The molecule has 1 aliphatic rings. The number of nitrogens with two attached hydrogens (primary N) is 1. The normalized spacial score (nSPS) is 19.9. The van der Waals surface area contributed by atoms with Gasteiger partial charge in [0.2, 0.25) is 0 Å². The number of amidine groups is 1. The SMILES string of the molecule is Cc1cc(C)c(C(=N)N)c(N2CCOC(C)C2)n1. The highest BCUT2D eigenvalue weighted by molar-refractivity contribution is 6.01. The molecule has 1 saturated heterocycles. The van der Waals surface area contributed by atoms with Crippen molar-refractivity contribution in [2.45, 2.75) is 26.9 Å². The molecule has 0 aliphatic carbocycles. The van der Waals surface area contributed by atoms with Crippen LogP contribution in [-0.4, -0.2) is 36.6 Å². The van der Waals surface area contributed by atoms with Crippen LogP contribution in [0.1, 0.15) is 23.7 Å². The number of nitrogen functional groups attached to an aromatic ring is 1. The summed E-state index contributed by atoms with van der Waals surface area (Å²) >= 11 is 0. The first-order chi connectivity index (χ1) is 8.49.